The summed E-state index contributed by atoms with van der Waals surface area (Å²) < 4.78 is 4.99. The summed E-state index contributed by atoms with van der Waals surface area (Å²) in [4.78, 5) is 23.6. The highest BCUT2D eigenvalue weighted by Gasteiger charge is 2.10. The molecule has 16 heavy (non-hydrogen) atoms. The molecule has 0 N–H and O–H groups in total. The summed E-state index contributed by atoms with van der Waals surface area (Å²) in [6, 6.07) is 0. The van der Waals surface area contributed by atoms with Gasteiger partial charge in [0.15, 0.2) is 0 Å². The Kier molecular flexibility index (Phi) is 8.21. The van der Waals surface area contributed by atoms with Crippen LogP contribution in [0.5, 0.6) is 0 Å². The first-order valence-electron chi connectivity index (χ1n) is 5.65. The average Bonchev–Trinajstić information content (AvgIpc) is 2.27. The lowest BCUT2D eigenvalue weighted by Crippen LogP contribution is -2.31. The number of ether oxygens (including phenoxy) is 1. The van der Waals surface area contributed by atoms with Crippen LogP contribution < -0.4 is 0 Å². The number of hydrogen-bond donors (Lipinski definition) is 0. The molecule has 0 spiro atoms. The van der Waals surface area contributed by atoms with E-state index in [0.717, 1.165) is 25.7 Å². The van der Waals surface area contributed by atoms with E-state index in [1.165, 1.54) is 11.0 Å². The third-order valence-corrected chi connectivity index (χ3v) is 2.18. The molecular formula is C12H21NO3. The minimum absolute atomic E-state index is 0.0152. The Bertz CT molecular complexity index is 238. The van der Waals surface area contributed by atoms with Crippen LogP contribution in [-0.4, -0.2) is 37.0 Å². The van der Waals surface area contributed by atoms with E-state index >= 15 is 0 Å². The Morgan fingerprint density at radius 3 is 2.56 bits per heavy atom. The second-order valence-electron chi connectivity index (χ2n) is 3.68. The lowest BCUT2D eigenvalue weighted by atomic mass is 10.2. The highest BCUT2D eigenvalue weighted by molar-refractivity contribution is 5.89. The Balaban J connectivity index is 3.58. The third kappa shape index (κ3) is 7.04. The highest BCUT2D eigenvalue weighted by Crippen LogP contribution is 1.99. The molecule has 1 amide bonds. The zero-order valence-electron chi connectivity index (χ0n) is 10.2. The Labute approximate surface area is 97.3 Å². The number of amides is 1. The van der Waals surface area contributed by atoms with Crippen LogP contribution in [-0.2, 0) is 14.3 Å². The van der Waals surface area contributed by atoms with Crippen molar-refractivity contribution in [3.05, 3.63) is 12.7 Å². The summed E-state index contributed by atoms with van der Waals surface area (Å²) in [6.07, 6.45) is 5.45. The molecule has 0 unspecified atom stereocenters. The molecule has 0 radical (unpaired) electrons. The monoisotopic (exact) mass is 227 g/mol. The van der Waals surface area contributed by atoms with Crippen molar-refractivity contribution in [3.8, 4) is 0 Å². The van der Waals surface area contributed by atoms with Gasteiger partial charge in [-0.3, -0.25) is 9.59 Å². The maximum Gasteiger partial charge on any atom is 0.325 e. The van der Waals surface area contributed by atoms with E-state index in [1.807, 2.05) is 0 Å². The van der Waals surface area contributed by atoms with Crippen LogP contribution in [0.15, 0.2) is 12.7 Å². The summed E-state index contributed by atoms with van der Waals surface area (Å²) in [5.41, 5.74) is 0. The van der Waals surface area contributed by atoms with Crippen LogP contribution in [0.1, 0.15) is 32.6 Å². The summed E-state index contributed by atoms with van der Waals surface area (Å²) in [7, 11) is 1.54. The van der Waals surface area contributed by atoms with E-state index in [4.69, 9.17) is 4.74 Å². The van der Waals surface area contributed by atoms with Crippen molar-refractivity contribution >= 4 is 11.9 Å². The quantitative estimate of drug-likeness (QED) is 0.360. The lowest BCUT2D eigenvalue weighted by Gasteiger charge is -2.13. The van der Waals surface area contributed by atoms with Crippen LogP contribution in [0.2, 0.25) is 0 Å². The fraction of sp³-hybridized carbons (Fsp3) is 0.667. The Morgan fingerprint density at radius 2 is 2.00 bits per heavy atom. The molecule has 0 atom stereocenters. The normalized spacial score (nSPS) is 9.62. The van der Waals surface area contributed by atoms with E-state index in [9.17, 15) is 9.59 Å². The molecule has 0 rings (SSSR count). The largest absolute Gasteiger partial charge is 0.464 e. The third-order valence-electron chi connectivity index (χ3n) is 2.18. The first kappa shape index (κ1) is 14.7. The zero-order chi connectivity index (χ0) is 12.4. The number of rotatable bonds is 8. The molecule has 0 aliphatic rings. The molecular weight excluding hydrogens is 206 g/mol. The number of carbonyl (C=O) groups excluding carboxylic acids is 2. The second kappa shape index (κ2) is 8.95. The van der Waals surface area contributed by atoms with Crippen LogP contribution in [0, 0.1) is 0 Å². The van der Waals surface area contributed by atoms with Crippen molar-refractivity contribution in [1.82, 2.24) is 4.90 Å². The van der Waals surface area contributed by atoms with Crippen molar-refractivity contribution in [1.29, 1.82) is 0 Å². The predicted molar refractivity (Wildman–Crippen MR) is 62.9 cm³/mol. The van der Waals surface area contributed by atoms with E-state index < -0.39 is 0 Å². The van der Waals surface area contributed by atoms with Crippen LogP contribution in [0.4, 0.5) is 0 Å². The maximum absolute atomic E-state index is 11.3. The molecule has 0 aliphatic carbocycles. The first-order chi connectivity index (χ1) is 7.61. The number of carbonyl (C=O) groups is 2. The topological polar surface area (TPSA) is 46.6 Å². The van der Waals surface area contributed by atoms with Crippen molar-refractivity contribution in [2.75, 3.05) is 20.2 Å². The minimum atomic E-state index is -0.366. The van der Waals surface area contributed by atoms with Crippen molar-refractivity contribution in [2.45, 2.75) is 32.6 Å². The summed E-state index contributed by atoms with van der Waals surface area (Å²) in [6.45, 7) is 5.89. The summed E-state index contributed by atoms with van der Waals surface area (Å²) in [5, 5.41) is 0. The highest BCUT2D eigenvalue weighted by atomic mass is 16.5. The number of unbranched alkanes of at least 4 members (excludes halogenated alkanes) is 3. The van der Waals surface area contributed by atoms with Gasteiger partial charge in [-0.25, -0.2) is 0 Å². The van der Waals surface area contributed by atoms with Crippen molar-refractivity contribution in [3.63, 3.8) is 0 Å². The van der Waals surface area contributed by atoms with Gasteiger partial charge in [-0.15, -0.1) is 0 Å². The average molecular weight is 227 g/mol. The van der Waals surface area contributed by atoms with Gasteiger partial charge in [-0.2, -0.15) is 0 Å². The second-order valence-corrected chi connectivity index (χ2v) is 3.68. The molecule has 0 aromatic carbocycles. The first-order valence-corrected chi connectivity index (χ1v) is 5.65. The van der Waals surface area contributed by atoms with Crippen molar-refractivity contribution in [2.24, 2.45) is 0 Å². The van der Waals surface area contributed by atoms with Gasteiger partial charge in [0.25, 0.3) is 0 Å². The van der Waals surface area contributed by atoms with Crippen LogP contribution in [0.3, 0.4) is 0 Å². The van der Waals surface area contributed by atoms with Crippen LogP contribution in [0.25, 0.3) is 0 Å². The van der Waals surface area contributed by atoms with Gasteiger partial charge >= 0.3 is 5.97 Å². The van der Waals surface area contributed by atoms with Gasteiger partial charge in [-0.1, -0.05) is 32.8 Å². The van der Waals surface area contributed by atoms with Crippen LogP contribution >= 0.6 is 0 Å². The van der Waals surface area contributed by atoms with Gasteiger partial charge in [0.05, 0.1) is 6.61 Å². The van der Waals surface area contributed by atoms with Crippen molar-refractivity contribution < 1.29 is 14.3 Å². The Morgan fingerprint density at radius 1 is 1.31 bits per heavy atom. The predicted octanol–water partition coefficient (Wildman–Crippen LogP) is 1.75. The number of hydrogen-bond acceptors (Lipinski definition) is 3. The lowest BCUT2D eigenvalue weighted by molar-refractivity contribution is -0.147. The molecule has 92 valence electrons. The molecule has 0 saturated carbocycles. The standard InChI is InChI=1S/C12H21NO3/c1-4-6-7-8-9-16-12(15)10-13(3)11(14)5-2/h5H,2,4,6-10H2,1,3H3. The molecule has 0 heterocycles. The molecule has 0 aliphatic heterocycles. The number of likely N-dealkylation sites (N-methyl/N-ethyl adjacent to an activating group) is 1. The molecule has 0 fully saturated rings. The molecule has 0 saturated heterocycles. The fourth-order valence-corrected chi connectivity index (χ4v) is 1.19. The van der Waals surface area contributed by atoms with E-state index in [2.05, 4.69) is 13.5 Å². The molecule has 4 nitrogen and oxygen atoms in total. The summed E-state index contributed by atoms with van der Waals surface area (Å²) in [5.74, 6) is -0.642. The fourth-order valence-electron chi connectivity index (χ4n) is 1.19. The van der Waals surface area contributed by atoms with Gasteiger partial charge in [-0.05, 0) is 12.5 Å². The van der Waals surface area contributed by atoms with Gasteiger partial charge in [0.2, 0.25) is 5.91 Å². The van der Waals surface area contributed by atoms with E-state index in [1.54, 1.807) is 7.05 Å². The SMILES string of the molecule is C=CC(=O)N(C)CC(=O)OCCCCCC. The van der Waals surface area contributed by atoms with Gasteiger partial charge in [0.1, 0.15) is 6.54 Å². The summed E-state index contributed by atoms with van der Waals surface area (Å²) >= 11 is 0. The van der Waals surface area contributed by atoms with E-state index in [-0.39, 0.29) is 18.4 Å². The molecule has 4 heteroatoms. The van der Waals surface area contributed by atoms with Gasteiger partial charge < -0.3 is 9.64 Å². The minimum Gasteiger partial charge on any atom is -0.464 e. The molecule has 0 aromatic heterocycles. The number of nitrogens with zero attached hydrogens (tertiary/aromatic N) is 1. The maximum atomic E-state index is 11.3. The molecule has 0 aromatic rings. The molecule has 0 bridgehead atoms. The Hall–Kier alpha value is -1.32. The van der Waals surface area contributed by atoms with E-state index in [0.29, 0.717) is 6.61 Å². The smallest absolute Gasteiger partial charge is 0.325 e. The number of esters is 1. The zero-order valence-corrected chi connectivity index (χ0v) is 10.2. The van der Waals surface area contributed by atoms with Gasteiger partial charge in [0, 0.05) is 7.05 Å².